The second-order valence-electron chi connectivity index (χ2n) is 5.45. The maximum absolute atomic E-state index is 12.1. The van der Waals surface area contributed by atoms with Crippen LogP contribution in [0.2, 0.25) is 5.02 Å². The van der Waals surface area contributed by atoms with Gasteiger partial charge in [0.25, 0.3) is 5.91 Å². The number of hydrogen-bond acceptors (Lipinski definition) is 3. The molecule has 0 radical (unpaired) electrons. The molecule has 24 heavy (non-hydrogen) atoms. The van der Waals surface area contributed by atoms with Crippen LogP contribution in [0.25, 0.3) is 0 Å². The van der Waals surface area contributed by atoms with E-state index in [4.69, 9.17) is 11.6 Å². The van der Waals surface area contributed by atoms with Crippen LogP contribution in [0.4, 0.5) is 5.69 Å². The van der Waals surface area contributed by atoms with E-state index < -0.39 is 0 Å². The number of anilines is 1. The van der Waals surface area contributed by atoms with E-state index in [0.29, 0.717) is 10.6 Å². The Morgan fingerprint density at radius 3 is 2.42 bits per heavy atom. The molecule has 0 aliphatic carbocycles. The van der Waals surface area contributed by atoms with Crippen molar-refractivity contribution in [1.29, 1.82) is 0 Å². The molecule has 2 rings (SSSR count). The summed E-state index contributed by atoms with van der Waals surface area (Å²) in [4.78, 5) is 14.3. The van der Waals surface area contributed by atoms with Crippen LogP contribution in [-0.2, 0) is 0 Å². The molecule has 0 aliphatic rings. The molecule has 0 saturated carbocycles. The molecule has 5 heteroatoms. The van der Waals surface area contributed by atoms with Gasteiger partial charge in [0.1, 0.15) is 0 Å². The first kappa shape index (κ1) is 18.0. The van der Waals surface area contributed by atoms with E-state index in [1.165, 1.54) is 5.69 Å². The second-order valence-corrected chi connectivity index (χ2v) is 5.85. The van der Waals surface area contributed by atoms with Gasteiger partial charge in [0.05, 0.1) is 16.8 Å². The number of carbonyl (C=O) groups is 1. The fourth-order valence-electron chi connectivity index (χ4n) is 2.39. The van der Waals surface area contributed by atoms with Crippen molar-refractivity contribution in [3.63, 3.8) is 0 Å². The first-order chi connectivity index (χ1) is 11.5. The third kappa shape index (κ3) is 4.59. The molecule has 0 aliphatic heterocycles. The molecule has 126 valence electrons. The Bertz CT molecular complexity index is 722. The molecule has 0 saturated heterocycles. The van der Waals surface area contributed by atoms with E-state index in [1.54, 1.807) is 18.3 Å². The molecule has 0 unspecified atom stereocenters. The van der Waals surface area contributed by atoms with Crippen molar-refractivity contribution in [3.8, 4) is 0 Å². The number of benzene rings is 2. The predicted octanol–water partition coefficient (Wildman–Crippen LogP) is 4.26. The van der Waals surface area contributed by atoms with Crippen LogP contribution in [0.3, 0.4) is 0 Å². The lowest BCUT2D eigenvalue weighted by atomic mass is 10.1. The molecule has 1 N–H and O–H groups in total. The highest BCUT2D eigenvalue weighted by Crippen LogP contribution is 2.17. The molecular weight excluding hydrogens is 322 g/mol. The molecule has 0 spiro atoms. The van der Waals surface area contributed by atoms with Crippen LogP contribution in [0.1, 0.15) is 35.3 Å². The Hall–Kier alpha value is -2.33. The lowest BCUT2D eigenvalue weighted by Crippen LogP contribution is -2.21. The minimum Gasteiger partial charge on any atom is -0.372 e. The Labute approximate surface area is 148 Å². The minimum atomic E-state index is -0.323. The van der Waals surface area contributed by atoms with Crippen molar-refractivity contribution in [2.75, 3.05) is 18.0 Å². The smallest absolute Gasteiger partial charge is 0.272 e. The van der Waals surface area contributed by atoms with Gasteiger partial charge in [0.2, 0.25) is 0 Å². The zero-order valence-electron chi connectivity index (χ0n) is 14.2. The Kier molecular flexibility index (Phi) is 6.38. The summed E-state index contributed by atoms with van der Waals surface area (Å²) >= 11 is 6.08. The molecule has 0 heterocycles. The topological polar surface area (TPSA) is 44.7 Å². The Balaban J connectivity index is 1.99. The van der Waals surface area contributed by atoms with Gasteiger partial charge in [-0.2, -0.15) is 5.10 Å². The standard InChI is InChI=1S/C19H22ClN3O/c1-4-23(5-2)16-9-7-15(8-10-16)13-21-22-19(24)17-11-6-14(3)12-18(17)20/h6-13H,4-5H2,1-3H3,(H,22,24)/b21-13+. The molecule has 0 aromatic heterocycles. The molecular formula is C19H22ClN3O. The summed E-state index contributed by atoms with van der Waals surface area (Å²) in [6, 6.07) is 13.3. The van der Waals surface area contributed by atoms with Gasteiger partial charge in [0, 0.05) is 18.8 Å². The number of nitrogens with zero attached hydrogens (tertiary/aromatic N) is 2. The van der Waals surface area contributed by atoms with Crippen LogP contribution in [0.5, 0.6) is 0 Å². The predicted molar refractivity (Wildman–Crippen MR) is 101 cm³/mol. The third-order valence-corrected chi connectivity index (χ3v) is 4.08. The molecule has 0 fully saturated rings. The fraction of sp³-hybridized carbons (Fsp3) is 0.263. The fourth-order valence-corrected chi connectivity index (χ4v) is 2.71. The van der Waals surface area contributed by atoms with Crippen LogP contribution < -0.4 is 10.3 Å². The van der Waals surface area contributed by atoms with Crippen molar-refractivity contribution in [1.82, 2.24) is 5.43 Å². The number of rotatable bonds is 6. The highest BCUT2D eigenvalue weighted by Gasteiger charge is 2.09. The molecule has 0 atom stereocenters. The van der Waals surface area contributed by atoms with Gasteiger partial charge in [-0.15, -0.1) is 0 Å². The number of nitrogens with one attached hydrogen (secondary N) is 1. The number of hydrazone groups is 1. The Morgan fingerprint density at radius 2 is 1.83 bits per heavy atom. The quantitative estimate of drug-likeness (QED) is 0.629. The zero-order chi connectivity index (χ0) is 17.5. The summed E-state index contributed by atoms with van der Waals surface area (Å²) in [5.74, 6) is -0.323. The third-order valence-electron chi connectivity index (χ3n) is 3.77. The van der Waals surface area contributed by atoms with E-state index in [2.05, 4.69) is 29.3 Å². The Morgan fingerprint density at radius 1 is 1.17 bits per heavy atom. The number of hydrogen-bond donors (Lipinski definition) is 1. The lowest BCUT2D eigenvalue weighted by molar-refractivity contribution is 0.0955. The highest BCUT2D eigenvalue weighted by molar-refractivity contribution is 6.33. The second kappa shape index (κ2) is 8.50. The number of halogens is 1. The van der Waals surface area contributed by atoms with E-state index in [1.807, 2.05) is 37.3 Å². The average Bonchev–Trinajstić information content (AvgIpc) is 2.57. The summed E-state index contributed by atoms with van der Waals surface area (Å²) in [7, 11) is 0. The largest absolute Gasteiger partial charge is 0.372 e. The lowest BCUT2D eigenvalue weighted by Gasteiger charge is -2.20. The number of aryl methyl sites for hydroxylation is 1. The van der Waals surface area contributed by atoms with Crippen LogP contribution in [0, 0.1) is 6.92 Å². The summed E-state index contributed by atoms with van der Waals surface area (Å²) in [6.45, 7) is 8.12. The minimum absolute atomic E-state index is 0.323. The summed E-state index contributed by atoms with van der Waals surface area (Å²) < 4.78 is 0. The van der Waals surface area contributed by atoms with Gasteiger partial charge in [-0.3, -0.25) is 4.79 Å². The SMILES string of the molecule is CCN(CC)c1ccc(/C=N/NC(=O)c2ccc(C)cc2Cl)cc1. The molecule has 2 aromatic rings. The first-order valence-corrected chi connectivity index (χ1v) is 8.37. The van der Waals surface area contributed by atoms with Gasteiger partial charge in [-0.25, -0.2) is 5.43 Å². The van der Waals surface area contributed by atoms with Crippen LogP contribution in [0.15, 0.2) is 47.6 Å². The van der Waals surface area contributed by atoms with Crippen LogP contribution >= 0.6 is 11.6 Å². The molecule has 2 aromatic carbocycles. The number of amides is 1. The van der Waals surface area contributed by atoms with E-state index in [-0.39, 0.29) is 5.91 Å². The molecule has 1 amide bonds. The van der Waals surface area contributed by atoms with E-state index in [9.17, 15) is 4.79 Å². The zero-order valence-corrected chi connectivity index (χ0v) is 15.0. The van der Waals surface area contributed by atoms with Crippen molar-refractivity contribution >= 4 is 29.4 Å². The van der Waals surface area contributed by atoms with Crippen LogP contribution in [-0.4, -0.2) is 25.2 Å². The van der Waals surface area contributed by atoms with Crippen molar-refractivity contribution in [2.24, 2.45) is 5.10 Å². The van der Waals surface area contributed by atoms with Gasteiger partial charge >= 0.3 is 0 Å². The van der Waals surface area contributed by atoms with Crippen molar-refractivity contribution in [2.45, 2.75) is 20.8 Å². The monoisotopic (exact) mass is 343 g/mol. The summed E-state index contributed by atoms with van der Waals surface area (Å²) in [6.07, 6.45) is 1.62. The van der Waals surface area contributed by atoms with Crippen molar-refractivity contribution < 1.29 is 4.79 Å². The summed E-state index contributed by atoms with van der Waals surface area (Å²) in [5.41, 5.74) is 6.02. The highest BCUT2D eigenvalue weighted by atomic mass is 35.5. The molecule has 0 bridgehead atoms. The summed E-state index contributed by atoms with van der Waals surface area (Å²) in [5, 5.41) is 4.42. The van der Waals surface area contributed by atoms with Gasteiger partial charge in [-0.05, 0) is 56.2 Å². The average molecular weight is 344 g/mol. The normalized spacial score (nSPS) is 10.8. The first-order valence-electron chi connectivity index (χ1n) is 7.99. The van der Waals surface area contributed by atoms with E-state index in [0.717, 1.165) is 24.2 Å². The molecule has 4 nitrogen and oxygen atoms in total. The van der Waals surface area contributed by atoms with Gasteiger partial charge in [-0.1, -0.05) is 29.8 Å². The maximum atomic E-state index is 12.1. The van der Waals surface area contributed by atoms with E-state index >= 15 is 0 Å². The van der Waals surface area contributed by atoms with Gasteiger partial charge in [0.15, 0.2) is 0 Å². The van der Waals surface area contributed by atoms with Crippen molar-refractivity contribution in [3.05, 3.63) is 64.2 Å². The number of carbonyl (C=O) groups excluding carboxylic acids is 1. The maximum Gasteiger partial charge on any atom is 0.272 e. The van der Waals surface area contributed by atoms with Gasteiger partial charge < -0.3 is 4.90 Å².